The van der Waals surface area contributed by atoms with E-state index in [1.165, 1.54) is 43.2 Å². The summed E-state index contributed by atoms with van der Waals surface area (Å²) >= 11 is 0. The molecule has 37 heavy (non-hydrogen) atoms. The number of ether oxygens (including phenoxy) is 1. The van der Waals surface area contributed by atoms with Crippen molar-refractivity contribution in [3.05, 3.63) is 59.3 Å². The van der Waals surface area contributed by atoms with Crippen LogP contribution in [0.1, 0.15) is 86.6 Å². The van der Waals surface area contributed by atoms with E-state index in [1.807, 2.05) is 6.07 Å². The van der Waals surface area contributed by atoms with Crippen molar-refractivity contribution in [3.8, 4) is 5.88 Å². The minimum Gasteiger partial charge on any atom is -0.448 e. The first-order chi connectivity index (χ1) is 18.1. The van der Waals surface area contributed by atoms with Crippen LogP contribution in [0.25, 0.3) is 0 Å². The molecule has 1 spiro atoms. The summed E-state index contributed by atoms with van der Waals surface area (Å²) in [6.45, 7) is 2.45. The third kappa shape index (κ3) is 4.46. The molecule has 1 aromatic heterocycles. The average Bonchev–Trinajstić information content (AvgIpc) is 3.39. The molecular formula is C31H43N4O2+. The lowest BCUT2D eigenvalue weighted by atomic mass is 9.64. The molecule has 6 nitrogen and oxygen atoms in total. The third-order valence-corrected chi connectivity index (χ3v) is 10.1. The number of methoxy groups -OCH3 is 1. The number of H-pyrrole nitrogens is 1. The van der Waals surface area contributed by atoms with Gasteiger partial charge in [-0.05, 0) is 62.0 Å². The molecular weight excluding hydrogens is 460 g/mol. The lowest BCUT2D eigenvalue weighted by Gasteiger charge is -2.47. The van der Waals surface area contributed by atoms with Crippen LogP contribution in [-0.4, -0.2) is 43.6 Å². The van der Waals surface area contributed by atoms with Gasteiger partial charge in [0, 0.05) is 36.7 Å². The maximum Gasteiger partial charge on any atom is 0.366 e. The Hall–Kier alpha value is -2.44. The largest absolute Gasteiger partial charge is 0.448 e. The summed E-state index contributed by atoms with van der Waals surface area (Å²) in [5, 5.41) is 3.63. The van der Waals surface area contributed by atoms with Crippen LogP contribution in [-0.2, 0) is 10.2 Å². The van der Waals surface area contributed by atoms with Crippen molar-refractivity contribution in [3.63, 3.8) is 0 Å². The van der Waals surface area contributed by atoms with Crippen molar-refractivity contribution in [1.82, 2.24) is 10.2 Å². The molecule has 3 heterocycles. The van der Waals surface area contributed by atoms with Crippen molar-refractivity contribution < 1.29 is 14.5 Å². The molecule has 5 atom stereocenters. The van der Waals surface area contributed by atoms with Gasteiger partial charge < -0.3 is 20.7 Å². The molecule has 2 saturated heterocycles. The maximum absolute atomic E-state index is 14.6. The molecule has 2 unspecified atom stereocenters. The molecule has 1 aromatic carbocycles. The van der Waals surface area contributed by atoms with Gasteiger partial charge in [0.15, 0.2) is 0 Å². The van der Waals surface area contributed by atoms with E-state index in [1.54, 1.807) is 7.11 Å². The number of aromatic nitrogens is 1. The van der Waals surface area contributed by atoms with Gasteiger partial charge in [-0.2, -0.15) is 4.98 Å². The Morgan fingerprint density at radius 3 is 2.68 bits per heavy atom. The highest BCUT2D eigenvalue weighted by Gasteiger charge is 2.55. The van der Waals surface area contributed by atoms with Crippen LogP contribution < -0.4 is 20.8 Å². The zero-order valence-corrected chi connectivity index (χ0v) is 22.3. The first-order valence-electron chi connectivity index (χ1n) is 14.5. The number of carbonyl (C=O) groups excluding carboxylic acids is 1. The lowest BCUT2D eigenvalue weighted by Crippen LogP contribution is -2.55. The Morgan fingerprint density at radius 2 is 1.89 bits per heavy atom. The quantitative estimate of drug-likeness (QED) is 0.658. The summed E-state index contributed by atoms with van der Waals surface area (Å²) in [6.07, 6.45) is 10.4. The smallest absolute Gasteiger partial charge is 0.366 e. The lowest BCUT2D eigenvalue weighted by molar-refractivity contribution is -0.409. The Morgan fingerprint density at radius 1 is 1.08 bits per heavy atom. The minimum absolute atomic E-state index is 0.0521. The van der Waals surface area contributed by atoms with E-state index in [-0.39, 0.29) is 17.4 Å². The van der Waals surface area contributed by atoms with Crippen molar-refractivity contribution in [2.24, 2.45) is 17.6 Å². The van der Waals surface area contributed by atoms with Gasteiger partial charge in [-0.1, -0.05) is 49.6 Å². The predicted molar refractivity (Wildman–Crippen MR) is 144 cm³/mol. The van der Waals surface area contributed by atoms with E-state index in [0.29, 0.717) is 23.8 Å². The number of pyridine rings is 1. The number of nitrogens with two attached hydrogens (primary N) is 1. The van der Waals surface area contributed by atoms with Gasteiger partial charge in [-0.3, -0.25) is 4.79 Å². The molecule has 6 heteroatoms. The summed E-state index contributed by atoms with van der Waals surface area (Å²) in [5.41, 5.74) is 10.1. The molecule has 0 bridgehead atoms. The van der Waals surface area contributed by atoms with Crippen molar-refractivity contribution in [2.45, 2.75) is 81.2 Å². The molecule has 1 saturated carbocycles. The second-order valence-corrected chi connectivity index (χ2v) is 12.0. The topological polar surface area (TPSA) is 81.7 Å². The zero-order chi connectivity index (χ0) is 25.4. The molecule has 3 fully saturated rings. The number of nitrogens with zero attached hydrogens (tertiary/aromatic N) is 1. The second kappa shape index (κ2) is 10.4. The van der Waals surface area contributed by atoms with Gasteiger partial charge in [0.1, 0.15) is 0 Å². The van der Waals surface area contributed by atoms with Crippen LogP contribution in [0.15, 0.2) is 42.5 Å². The fraction of sp³-hybridized carbons (Fsp3) is 0.613. The Kier molecular flexibility index (Phi) is 6.97. The van der Waals surface area contributed by atoms with Crippen LogP contribution in [0.4, 0.5) is 0 Å². The fourth-order valence-corrected chi connectivity index (χ4v) is 8.12. The molecule has 1 amide bonds. The van der Waals surface area contributed by atoms with E-state index in [9.17, 15) is 4.79 Å². The van der Waals surface area contributed by atoms with E-state index in [4.69, 9.17) is 10.5 Å². The highest BCUT2D eigenvalue weighted by Crippen LogP contribution is 2.48. The van der Waals surface area contributed by atoms with Crippen molar-refractivity contribution >= 4 is 5.91 Å². The number of benzene rings is 1. The third-order valence-electron chi connectivity index (χ3n) is 10.1. The van der Waals surface area contributed by atoms with E-state index in [0.717, 1.165) is 56.9 Å². The molecule has 4 N–H and O–H groups in total. The number of fused-ring (bicyclic) bond motifs is 2. The standard InChI is InChI=1S/C31H42N4O2/c1-37-28-13-12-24-29(34-28)26(32)14-16-31(24)20-33-19-25(31)30(36)35-17-15-23(21-8-4-2-5-9-21)18-27(35)22-10-6-3-7-11-22/h2,4-5,8-9,12-13,22-23,25-27,33H,3,6-7,10-11,14-20,32H2,1H3/p+1/t23-,25?,26?,27+,31+/m1/s1. The van der Waals surface area contributed by atoms with Gasteiger partial charge in [0.25, 0.3) is 0 Å². The fourth-order valence-electron chi connectivity index (χ4n) is 8.12. The maximum atomic E-state index is 14.6. The minimum atomic E-state index is -0.210. The van der Waals surface area contributed by atoms with Gasteiger partial charge >= 0.3 is 5.88 Å². The van der Waals surface area contributed by atoms with Crippen molar-refractivity contribution in [1.29, 1.82) is 0 Å². The number of carbonyl (C=O) groups is 1. The zero-order valence-electron chi connectivity index (χ0n) is 22.3. The van der Waals surface area contributed by atoms with Gasteiger partial charge in [-0.15, -0.1) is 0 Å². The number of nitrogens with one attached hydrogen (secondary N) is 2. The number of piperidine rings is 1. The van der Waals surface area contributed by atoms with Gasteiger partial charge in [0.05, 0.1) is 25.1 Å². The number of amides is 1. The Labute approximate surface area is 221 Å². The highest BCUT2D eigenvalue weighted by atomic mass is 16.5. The summed E-state index contributed by atoms with van der Waals surface area (Å²) < 4.78 is 5.47. The van der Waals surface area contributed by atoms with Crippen LogP contribution in [0.3, 0.4) is 0 Å². The van der Waals surface area contributed by atoms with Gasteiger partial charge in [-0.25, -0.2) is 0 Å². The normalized spacial score (nSPS) is 32.3. The van der Waals surface area contributed by atoms with Crippen molar-refractivity contribution in [2.75, 3.05) is 26.7 Å². The number of hydrogen-bond donors (Lipinski definition) is 2. The highest BCUT2D eigenvalue weighted by molar-refractivity contribution is 5.82. The van der Waals surface area contributed by atoms with Crippen LogP contribution in [0.2, 0.25) is 0 Å². The first-order valence-corrected chi connectivity index (χ1v) is 14.5. The molecule has 2 aliphatic heterocycles. The van der Waals surface area contributed by atoms with E-state index >= 15 is 0 Å². The Bertz CT molecular complexity index is 1100. The summed E-state index contributed by atoms with van der Waals surface area (Å²) in [4.78, 5) is 20.4. The van der Waals surface area contributed by atoms with Crippen LogP contribution >= 0.6 is 0 Å². The van der Waals surface area contributed by atoms with Crippen LogP contribution in [0.5, 0.6) is 5.88 Å². The van der Waals surface area contributed by atoms with E-state index < -0.39 is 0 Å². The van der Waals surface area contributed by atoms with Gasteiger partial charge in [0.2, 0.25) is 11.6 Å². The first kappa shape index (κ1) is 24.9. The predicted octanol–water partition coefficient (Wildman–Crippen LogP) is 4.12. The molecule has 6 rings (SSSR count). The van der Waals surface area contributed by atoms with E-state index in [2.05, 4.69) is 51.6 Å². The molecule has 2 aromatic rings. The molecule has 2 aliphatic carbocycles. The SMILES string of the molecule is COc1ccc2c([nH+]1)C(N)CC[C@]21CNCC1C(=O)N1CC[C@@H](c2ccccc2)C[C@H]1C1CCCCC1. The molecule has 198 valence electrons. The van der Waals surface area contributed by atoms with Crippen LogP contribution in [0, 0.1) is 11.8 Å². The number of hydrogen-bond acceptors (Lipinski definition) is 4. The molecule has 0 radical (unpaired) electrons. The monoisotopic (exact) mass is 503 g/mol. The Balaban J connectivity index is 1.31. The molecule has 4 aliphatic rings. The number of aromatic amines is 1. The summed E-state index contributed by atoms with van der Waals surface area (Å²) in [7, 11) is 1.68. The number of rotatable bonds is 4. The second-order valence-electron chi connectivity index (χ2n) is 12.0. The summed E-state index contributed by atoms with van der Waals surface area (Å²) in [5.74, 6) is 2.20. The number of likely N-dealkylation sites (tertiary alicyclic amines) is 1. The summed E-state index contributed by atoms with van der Waals surface area (Å²) in [6, 6.07) is 15.4. The average molecular weight is 504 g/mol.